The van der Waals surface area contributed by atoms with E-state index in [0.29, 0.717) is 12.8 Å². The molecule has 5 rings (SSSR count). The lowest BCUT2D eigenvalue weighted by atomic mass is 9.88. The van der Waals surface area contributed by atoms with E-state index in [1.54, 1.807) is 6.08 Å². The summed E-state index contributed by atoms with van der Waals surface area (Å²) in [4.78, 5) is 53.1. The first kappa shape index (κ1) is 102. The Kier molecular flexibility index (Phi) is 49.7. The number of carbonyl (C=O) groups excluding carboxylic acids is 3. The largest absolute Gasteiger partial charge is 0.477 e. The van der Waals surface area contributed by atoms with E-state index in [4.69, 9.17) is 47.4 Å². The van der Waals surface area contributed by atoms with Gasteiger partial charge in [-0.05, 0) is 44.9 Å². The Morgan fingerprint density at radius 1 is 0.452 bits per heavy atom. The average Bonchev–Trinajstić information content (AvgIpc) is 0.741. The molecule has 0 aliphatic carbocycles. The van der Waals surface area contributed by atoms with Crippen molar-refractivity contribution in [2.45, 2.75) is 424 Å². The fraction of sp³-hybridized carbons (Fsp3) is 0.901. The van der Waals surface area contributed by atoms with Gasteiger partial charge in [0, 0.05) is 26.7 Å². The van der Waals surface area contributed by atoms with Crippen LogP contribution >= 0.6 is 0 Å². The summed E-state index contributed by atoms with van der Waals surface area (Å²) in [5.74, 6) is -7.71. The van der Waals surface area contributed by atoms with E-state index in [1.165, 1.54) is 141 Å². The second kappa shape index (κ2) is 56.1. The van der Waals surface area contributed by atoms with Gasteiger partial charge in [0.05, 0.1) is 63.9 Å². The highest BCUT2D eigenvalue weighted by Crippen LogP contribution is 2.41. The van der Waals surface area contributed by atoms with Crippen LogP contribution in [0.15, 0.2) is 24.3 Å². The lowest BCUT2D eigenvalue weighted by Crippen LogP contribution is -2.72. The third-order valence-electron chi connectivity index (χ3n) is 22.2. The van der Waals surface area contributed by atoms with E-state index in [2.05, 4.69) is 41.9 Å². The van der Waals surface area contributed by atoms with Gasteiger partial charge in [0.1, 0.15) is 116 Å². The molecular formula is C81H145N3O31. The predicted molar refractivity (Wildman–Crippen MR) is 415 cm³/mol. The predicted octanol–water partition coefficient (Wildman–Crippen LogP) is 1.85. The van der Waals surface area contributed by atoms with Crippen LogP contribution in [0.2, 0.25) is 0 Å². The Labute approximate surface area is 677 Å². The standard InChI is InChI=1S/C81H145N3O31/c1-5-7-9-11-13-15-17-19-20-21-22-23-24-25-26-27-28-30-32-34-36-38-40-42-60(95)84-52(53(92)41-39-37-35-33-31-29-18-16-14-12-10-8-6-2)49-106-77-69(102)67(100)71(58(47-88)109-77)111-79-70(103)75(115-81(80(104)105)43-54(93)61(82-50(3)90)74(114-81)63(96)55(94)44-85)72(59(48-89)110-79)112-76-62(83-51(4)91)73(65(98)57(46-87)107-76)113-78-68(101)66(99)64(97)56(45-86)108-78/h19-20,39,41,52-59,61-79,85-89,92-94,96-103H,5-18,21-38,40,42-49H2,1-4H3,(H,82,90)(H,83,91)(H,84,95)(H,104,105)/b20-19-,41-39+/t52-,53+,54?,55+,56?,57?,58?,59?,61+,62?,63+,64-,65-,66-,67+,68?,69?,70?,71+,72-,73+,74?,75+,76-,77+,78-,79-,81-/m0/s1. The van der Waals surface area contributed by atoms with Crippen LogP contribution in [0, 0.1) is 0 Å². The number of rotatable bonds is 59. The van der Waals surface area contributed by atoms with Crippen LogP contribution in [0.25, 0.3) is 0 Å². The minimum atomic E-state index is -3.38. The molecule has 115 heavy (non-hydrogen) atoms. The van der Waals surface area contributed by atoms with Crippen molar-refractivity contribution >= 4 is 23.7 Å². The van der Waals surface area contributed by atoms with Crippen molar-refractivity contribution in [2.24, 2.45) is 0 Å². The molecule has 5 aliphatic heterocycles. The number of aliphatic hydroxyl groups excluding tert-OH is 16. The normalized spacial score (nSPS) is 33.1. The van der Waals surface area contributed by atoms with E-state index >= 15 is 0 Å². The molecule has 5 aliphatic rings. The second-order valence-corrected chi connectivity index (χ2v) is 31.7. The number of ether oxygens (including phenoxy) is 10. The van der Waals surface area contributed by atoms with Crippen molar-refractivity contribution in [2.75, 3.05) is 39.6 Å². The molecule has 0 radical (unpaired) electrons. The summed E-state index contributed by atoms with van der Waals surface area (Å²) < 4.78 is 60.2. The summed E-state index contributed by atoms with van der Waals surface area (Å²) in [5, 5.41) is 197. The molecule has 0 aromatic rings. The molecule has 0 saturated carbocycles. The summed E-state index contributed by atoms with van der Waals surface area (Å²) in [7, 11) is 0. The molecule has 28 atom stereocenters. The molecule has 10 unspecified atom stereocenters. The van der Waals surface area contributed by atoms with Crippen molar-refractivity contribution in [3.63, 3.8) is 0 Å². The topological polar surface area (TPSA) is 541 Å². The number of hydrogen-bond donors (Lipinski definition) is 20. The lowest BCUT2D eigenvalue weighted by Gasteiger charge is -2.52. The van der Waals surface area contributed by atoms with Crippen molar-refractivity contribution in [1.82, 2.24) is 16.0 Å². The molecule has 5 saturated heterocycles. The fourth-order valence-electron chi connectivity index (χ4n) is 15.4. The Hall–Kier alpha value is -3.68. The Morgan fingerprint density at radius 3 is 1.37 bits per heavy atom. The van der Waals surface area contributed by atoms with Crippen LogP contribution < -0.4 is 16.0 Å². The van der Waals surface area contributed by atoms with Crippen molar-refractivity contribution < 1.29 is 153 Å². The van der Waals surface area contributed by atoms with E-state index in [-0.39, 0.29) is 12.3 Å². The van der Waals surface area contributed by atoms with Crippen LogP contribution in [0.1, 0.15) is 252 Å². The van der Waals surface area contributed by atoms with Crippen molar-refractivity contribution in [3.05, 3.63) is 24.3 Å². The molecule has 0 spiro atoms. The number of nitrogens with one attached hydrogen (secondary N) is 3. The summed E-state index contributed by atoms with van der Waals surface area (Å²) in [5.41, 5.74) is 0. The van der Waals surface area contributed by atoms with Crippen LogP contribution in [0.5, 0.6) is 0 Å². The summed E-state index contributed by atoms with van der Waals surface area (Å²) in [6.07, 6.45) is -4.52. The third kappa shape index (κ3) is 33.6. The van der Waals surface area contributed by atoms with Crippen LogP contribution in [-0.4, -0.2) is 321 Å². The molecule has 5 fully saturated rings. The number of hydrogen-bond acceptors (Lipinski definition) is 30. The minimum Gasteiger partial charge on any atom is -0.477 e. The van der Waals surface area contributed by atoms with Crippen LogP contribution in [0.4, 0.5) is 0 Å². The zero-order chi connectivity index (χ0) is 84.4. The highest BCUT2D eigenvalue weighted by atomic mass is 16.8. The van der Waals surface area contributed by atoms with Crippen molar-refractivity contribution in [1.29, 1.82) is 0 Å². The lowest BCUT2D eigenvalue weighted by molar-refractivity contribution is -0.403. The SMILES string of the molecule is CCCCCCCC/C=C\CCCCCCCCCCCCCCCC(=O)N[C@@H](CO[C@@H]1OC(CO)[C@@H](O[C@@H]2OC(CO)[C@H](O[C@@H]3OC(CO)[C@H](O)[C@H](O[C@@H]4OC(CO)[C@H](O)[C@H](O)C4O)C3NC(C)=O)[C@H](O[C@]3(C(=O)O)CC(O)[C@@H](NC(C)=O)C([C@H](O)[C@H](O)CO)O3)C2O)[C@H](O)C1O)[C@H](O)/C=C/CCCCCCCCCCCCC. The minimum absolute atomic E-state index is 0.132. The van der Waals surface area contributed by atoms with Gasteiger partial charge in [-0.3, -0.25) is 14.4 Å². The number of unbranched alkanes of at least 4 members (excludes halogenated alkanes) is 30. The van der Waals surface area contributed by atoms with E-state index in [1.807, 2.05) is 6.08 Å². The van der Waals surface area contributed by atoms with E-state index in [0.717, 1.165) is 71.6 Å². The Balaban J connectivity index is 1.32. The average molecular weight is 1660 g/mol. The third-order valence-corrected chi connectivity index (χ3v) is 22.2. The van der Waals surface area contributed by atoms with Gasteiger partial charge >= 0.3 is 5.97 Å². The number of carboxylic acid groups (broad SMARTS) is 1. The van der Waals surface area contributed by atoms with Gasteiger partial charge in [-0.1, -0.05) is 205 Å². The number of allylic oxidation sites excluding steroid dienone is 3. The molecule has 5 heterocycles. The van der Waals surface area contributed by atoms with Gasteiger partial charge in [-0.15, -0.1) is 0 Å². The summed E-state index contributed by atoms with van der Waals surface area (Å²) in [6.45, 7) is 0.344. The zero-order valence-corrected chi connectivity index (χ0v) is 68.2. The Bertz CT molecular complexity index is 2700. The molecule has 0 aromatic heterocycles. The summed E-state index contributed by atoms with van der Waals surface area (Å²) in [6, 6.07) is -4.81. The first-order valence-corrected chi connectivity index (χ1v) is 42.7. The molecule has 3 amide bonds. The molecule has 20 N–H and O–H groups in total. The quantitative estimate of drug-likeness (QED) is 0.0305. The smallest absolute Gasteiger partial charge is 0.364 e. The van der Waals surface area contributed by atoms with Gasteiger partial charge in [0.2, 0.25) is 17.7 Å². The second-order valence-electron chi connectivity index (χ2n) is 31.7. The number of carbonyl (C=O) groups is 4. The van der Waals surface area contributed by atoms with Crippen LogP contribution in [-0.2, 0) is 66.5 Å². The molecular weight excluding hydrogens is 1510 g/mol. The van der Waals surface area contributed by atoms with Gasteiger partial charge in [-0.25, -0.2) is 4.79 Å². The molecule has 0 bridgehead atoms. The van der Waals surface area contributed by atoms with Gasteiger partial charge in [0.25, 0.3) is 5.79 Å². The number of aliphatic hydroxyl groups is 16. The molecule has 34 nitrogen and oxygen atoms in total. The van der Waals surface area contributed by atoms with Crippen LogP contribution in [0.3, 0.4) is 0 Å². The maximum atomic E-state index is 13.9. The van der Waals surface area contributed by atoms with E-state index in [9.17, 15) is 106 Å². The van der Waals surface area contributed by atoms with Gasteiger partial charge in [0.15, 0.2) is 25.2 Å². The first-order chi connectivity index (χ1) is 55.3. The maximum Gasteiger partial charge on any atom is 0.364 e. The number of aliphatic carboxylic acids is 1. The summed E-state index contributed by atoms with van der Waals surface area (Å²) >= 11 is 0. The number of amides is 3. The zero-order valence-electron chi connectivity index (χ0n) is 68.2. The molecule has 34 heteroatoms. The highest BCUT2D eigenvalue weighted by Gasteiger charge is 2.62. The number of carboxylic acids is 1. The monoisotopic (exact) mass is 1660 g/mol. The molecule has 670 valence electrons. The highest BCUT2D eigenvalue weighted by molar-refractivity contribution is 5.77. The van der Waals surface area contributed by atoms with Crippen molar-refractivity contribution in [3.8, 4) is 0 Å². The Morgan fingerprint density at radius 2 is 0.870 bits per heavy atom. The molecule has 0 aromatic carbocycles. The van der Waals surface area contributed by atoms with Gasteiger partial charge < -0.3 is 150 Å². The van der Waals surface area contributed by atoms with Gasteiger partial charge in [-0.2, -0.15) is 0 Å². The van der Waals surface area contributed by atoms with E-state index < -0.39 is 235 Å². The maximum absolute atomic E-state index is 13.9. The fourth-order valence-corrected chi connectivity index (χ4v) is 15.4. The first-order valence-electron chi connectivity index (χ1n) is 42.7.